The van der Waals surface area contributed by atoms with Gasteiger partial charge in [-0.25, -0.2) is 0 Å². The van der Waals surface area contributed by atoms with Crippen LogP contribution < -0.4 is 0 Å². The lowest BCUT2D eigenvalue weighted by molar-refractivity contribution is 0.281. The topological polar surface area (TPSA) is 46.3 Å². The van der Waals surface area contributed by atoms with Crippen molar-refractivity contribution in [3.05, 3.63) is 41.0 Å². The molecule has 0 fully saturated rings. The Bertz CT molecular complexity index is 422. The van der Waals surface area contributed by atoms with E-state index >= 15 is 0 Å². The molecule has 0 saturated heterocycles. The van der Waals surface area contributed by atoms with Crippen molar-refractivity contribution in [2.24, 2.45) is 0 Å². The Balaban J connectivity index is 2.44. The third-order valence-corrected chi connectivity index (χ3v) is 2.17. The predicted octanol–water partition coefficient (Wildman–Crippen LogP) is 2.49. The van der Waals surface area contributed by atoms with Crippen LogP contribution in [-0.2, 0) is 6.61 Å². The minimum Gasteiger partial charge on any atom is -0.391 e. The van der Waals surface area contributed by atoms with Gasteiger partial charge in [0.05, 0.1) is 12.8 Å². The highest BCUT2D eigenvalue weighted by atomic mass is 35.5. The summed E-state index contributed by atoms with van der Waals surface area (Å²) in [5, 5.41) is 13.3. The van der Waals surface area contributed by atoms with E-state index in [4.69, 9.17) is 21.2 Å². The molecule has 1 heterocycles. The van der Waals surface area contributed by atoms with Crippen LogP contribution in [-0.4, -0.2) is 10.3 Å². The molecular formula is C10H8ClNO2. The van der Waals surface area contributed by atoms with Gasteiger partial charge in [0.15, 0.2) is 5.76 Å². The lowest BCUT2D eigenvalue weighted by atomic mass is 10.1. The van der Waals surface area contributed by atoms with Gasteiger partial charge in [-0.3, -0.25) is 0 Å². The summed E-state index contributed by atoms with van der Waals surface area (Å²) in [6, 6.07) is 7.17. The van der Waals surface area contributed by atoms with Crippen LogP contribution in [0.5, 0.6) is 0 Å². The molecule has 0 radical (unpaired) electrons. The summed E-state index contributed by atoms with van der Waals surface area (Å²) >= 11 is 5.75. The smallest absolute Gasteiger partial charge is 0.172 e. The molecule has 0 aliphatic heterocycles. The Labute approximate surface area is 85.9 Å². The predicted molar refractivity (Wildman–Crippen MR) is 52.9 cm³/mol. The highest BCUT2D eigenvalue weighted by molar-refractivity contribution is 6.30. The molecule has 14 heavy (non-hydrogen) atoms. The molecule has 0 aliphatic carbocycles. The number of aliphatic hydroxyl groups excluding tert-OH is 1. The monoisotopic (exact) mass is 209 g/mol. The minimum atomic E-state index is -0.0819. The summed E-state index contributed by atoms with van der Waals surface area (Å²) in [5.74, 6) is 0.587. The van der Waals surface area contributed by atoms with E-state index in [-0.39, 0.29) is 6.61 Å². The molecule has 0 aliphatic rings. The quantitative estimate of drug-likeness (QED) is 0.827. The van der Waals surface area contributed by atoms with Crippen molar-refractivity contribution >= 4 is 11.6 Å². The fourth-order valence-electron chi connectivity index (χ4n) is 1.21. The normalized spacial score (nSPS) is 10.4. The van der Waals surface area contributed by atoms with Crippen molar-refractivity contribution in [3.8, 4) is 11.3 Å². The average molecular weight is 210 g/mol. The molecular weight excluding hydrogens is 202 g/mol. The Kier molecular flexibility index (Phi) is 2.52. The summed E-state index contributed by atoms with van der Waals surface area (Å²) in [7, 11) is 0. The number of nitrogens with zero attached hydrogens (tertiary/aromatic N) is 1. The highest BCUT2D eigenvalue weighted by Gasteiger charge is 2.08. The van der Waals surface area contributed by atoms with Crippen LogP contribution in [0.2, 0.25) is 5.02 Å². The molecule has 0 spiro atoms. The Morgan fingerprint density at radius 3 is 2.64 bits per heavy atom. The Morgan fingerprint density at radius 1 is 1.29 bits per heavy atom. The van der Waals surface area contributed by atoms with Gasteiger partial charge in [-0.1, -0.05) is 16.8 Å². The molecule has 0 bridgehead atoms. The van der Waals surface area contributed by atoms with Crippen molar-refractivity contribution in [1.82, 2.24) is 5.16 Å². The number of hydrogen-bond acceptors (Lipinski definition) is 3. The summed E-state index contributed by atoms with van der Waals surface area (Å²) in [6.45, 7) is -0.0819. The van der Waals surface area contributed by atoms with Crippen LogP contribution in [0.25, 0.3) is 11.3 Å². The summed E-state index contributed by atoms with van der Waals surface area (Å²) in [5.41, 5.74) is 1.53. The van der Waals surface area contributed by atoms with Crippen LogP contribution >= 0.6 is 11.6 Å². The van der Waals surface area contributed by atoms with Gasteiger partial charge < -0.3 is 9.63 Å². The fraction of sp³-hybridized carbons (Fsp3) is 0.100. The maximum atomic E-state index is 9.00. The van der Waals surface area contributed by atoms with Crippen LogP contribution in [0.15, 0.2) is 35.0 Å². The highest BCUT2D eigenvalue weighted by Crippen LogP contribution is 2.24. The van der Waals surface area contributed by atoms with Crippen LogP contribution in [0, 0.1) is 0 Å². The largest absolute Gasteiger partial charge is 0.391 e. The molecule has 4 heteroatoms. The van der Waals surface area contributed by atoms with E-state index in [2.05, 4.69) is 5.16 Å². The van der Waals surface area contributed by atoms with Gasteiger partial charge >= 0.3 is 0 Å². The first-order valence-electron chi connectivity index (χ1n) is 4.11. The molecule has 72 valence electrons. The van der Waals surface area contributed by atoms with Gasteiger partial charge in [0.2, 0.25) is 0 Å². The molecule has 1 N–H and O–H groups in total. The maximum Gasteiger partial charge on any atom is 0.172 e. The molecule has 0 amide bonds. The van der Waals surface area contributed by atoms with Gasteiger partial charge in [0, 0.05) is 16.1 Å². The van der Waals surface area contributed by atoms with E-state index in [1.165, 1.54) is 6.20 Å². The maximum absolute atomic E-state index is 9.00. The van der Waals surface area contributed by atoms with Crippen molar-refractivity contribution in [3.63, 3.8) is 0 Å². The van der Waals surface area contributed by atoms with Crippen molar-refractivity contribution < 1.29 is 9.63 Å². The summed E-state index contributed by atoms with van der Waals surface area (Å²) in [4.78, 5) is 0. The zero-order chi connectivity index (χ0) is 9.97. The first kappa shape index (κ1) is 9.24. The second-order valence-electron chi connectivity index (χ2n) is 2.85. The van der Waals surface area contributed by atoms with E-state index in [9.17, 15) is 0 Å². The lowest BCUT2D eigenvalue weighted by Crippen LogP contribution is -1.83. The van der Waals surface area contributed by atoms with Crippen molar-refractivity contribution in [1.29, 1.82) is 0 Å². The Hall–Kier alpha value is -1.32. The van der Waals surface area contributed by atoms with Crippen LogP contribution in [0.1, 0.15) is 5.56 Å². The fourth-order valence-corrected chi connectivity index (χ4v) is 1.34. The zero-order valence-electron chi connectivity index (χ0n) is 7.27. The molecule has 3 nitrogen and oxygen atoms in total. The Morgan fingerprint density at radius 2 is 2.00 bits per heavy atom. The molecule has 1 aromatic heterocycles. The van der Waals surface area contributed by atoms with Gasteiger partial charge in [-0.2, -0.15) is 0 Å². The van der Waals surface area contributed by atoms with E-state index < -0.39 is 0 Å². The SMILES string of the molecule is OCc1cnoc1-c1ccc(Cl)cc1. The zero-order valence-corrected chi connectivity index (χ0v) is 8.03. The molecule has 1 aromatic carbocycles. The van der Waals surface area contributed by atoms with Crippen molar-refractivity contribution in [2.45, 2.75) is 6.61 Å². The number of halogens is 1. The minimum absolute atomic E-state index is 0.0819. The third-order valence-electron chi connectivity index (χ3n) is 1.92. The second-order valence-corrected chi connectivity index (χ2v) is 3.28. The van der Waals surface area contributed by atoms with E-state index in [1.807, 2.05) is 12.1 Å². The molecule has 2 rings (SSSR count). The van der Waals surface area contributed by atoms with Gasteiger partial charge in [-0.15, -0.1) is 0 Å². The number of hydrogen-bond donors (Lipinski definition) is 1. The van der Waals surface area contributed by atoms with Gasteiger partial charge in [-0.05, 0) is 24.3 Å². The molecule has 0 saturated carbocycles. The second kappa shape index (κ2) is 3.82. The number of aliphatic hydroxyl groups is 1. The van der Waals surface area contributed by atoms with E-state index in [1.54, 1.807) is 12.1 Å². The van der Waals surface area contributed by atoms with Gasteiger partial charge in [0.1, 0.15) is 0 Å². The summed E-state index contributed by atoms with van der Waals surface area (Å²) in [6.07, 6.45) is 1.50. The van der Waals surface area contributed by atoms with Crippen molar-refractivity contribution in [2.75, 3.05) is 0 Å². The molecule has 0 unspecified atom stereocenters. The number of benzene rings is 1. The standard InChI is InChI=1S/C10H8ClNO2/c11-9-3-1-7(2-4-9)10-8(6-13)5-12-14-10/h1-5,13H,6H2. The molecule has 2 aromatic rings. The lowest BCUT2D eigenvalue weighted by Gasteiger charge is -1.97. The van der Waals surface area contributed by atoms with E-state index in [0.29, 0.717) is 16.3 Å². The van der Waals surface area contributed by atoms with Crippen LogP contribution in [0.4, 0.5) is 0 Å². The van der Waals surface area contributed by atoms with E-state index in [0.717, 1.165) is 5.56 Å². The molecule has 0 atom stereocenters. The first-order valence-corrected chi connectivity index (χ1v) is 4.49. The third kappa shape index (κ3) is 1.64. The number of aromatic nitrogens is 1. The van der Waals surface area contributed by atoms with Gasteiger partial charge in [0.25, 0.3) is 0 Å². The first-order chi connectivity index (χ1) is 6.81. The number of rotatable bonds is 2. The average Bonchev–Trinajstić information content (AvgIpc) is 2.67. The van der Waals surface area contributed by atoms with Crippen LogP contribution in [0.3, 0.4) is 0 Å². The summed E-state index contributed by atoms with van der Waals surface area (Å²) < 4.78 is 5.03.